The van der Waals surface area contributed by atoms with E-state index in [0.29, 0.717) is 17.1 Å². The van der Waals surface area contributed by atoms with Crippen LogP contribution in [0.5, 0.6) is 0 Å². The van der Waals surface area contributed by atoms with E-state index in [1.807, 2.05) is 6.92 Å². The predicted octanol–water partition coefficient (Wildman–Crippen LogP) is 3.24. The molecule has 1 aromatic heterocycles. The molecule has 0 spiro atoms. The highest BCUT2D eigenvalue weighted by Gasteiger charge is 2.22. The molecule has 0 saturated heterocycles. The minimum absolute atomic E-state index is 0.0402. The average molecular weight is 264 g/mol. The third-order valence-corrected chi connectivity index (χ3v) is 3.77. The molecule has 1 aromatic rings. The number of hydrogen-bond acceptors (Lipinski definition) is 3. The topological polar surface area (TPSA) is 59.4 Å². The summed E-state index contributed by atoms with van der Waals surface area (Å²) in [6.45, 7) is 3.66. The van der Waals surface area contributed by atoms with E-state index in [9.17, 15) is 9.46 Å². The SMILES string of the molecule is CCC(C)OP(=O)(O)Cc1ccc(Cl)nc1. The lowest BCUT2D eigenvalue weighted by Crippen LogP contribution is -2.05. The summed E-state index contributed by atoms with van der Waals surface area (Å²) >= 11 is 5.62. The van der Waals surface area contributed by atoms with Gasteiger partial charge in [0.05, 0.1) is 12.3 Å². The van der Waals surface area contributed by atoms with Crippen LogP contribution in [0.3, 0.4) is 0 Å². The van der Waals surface area contributed by atoms with Gasteiger partial charge in [0.2, 0.25) is 0 Å². The second kappa shape index (κ2) is 5.78. The molecule has 4 nitrogen and oxygen atoms in total. The first-order valence-corrected chi connectivity index (χ1v) is 7.17. The van der Waals surface area contributed by atoms with Crippen LogP contribution in [0.2, 0.25) is 5.15 Å². The summed E-state index contributed by atoms with van der Waals surface area (Å²) in [5.74, 6) is 0. The molecule has 0 saturated carbocycles. The molecule has 0 aromatic carbocycles. The Kier molecular flexibility index (Phi) is 4.93. The summed E-state index contributed by atoms with van der Waals surface area (Å²) in [7, 11) is -3.59. The highest BCUT2D eigenvalue weighted by molar-refractivity contribution is 7.51. The van der Waals surface area contributed by atoms with Gasteiger partial charge in [-0.05, 0) is 25.0 Å². The zero-order valence-electron chi connectivity index (χ0n) is 9.26. The van der Waals surface area contributed by atoms with Gasteiger partial charge in [0.25, 0.3) is 0 Å². The smallest absolute Gasteiger partial charge is 0.324 e. The van der Waals surface area contributed by atoms with Gasteiger partial charge in [-0.2, -0.15) is 0 Å². The fourth-order valence-corrected chi connectivity index (χ4v) is 2.67. The molecular weight excluding hydrogens is 249 g/mol. The van der Waals surface area contributed by atoms with Crippen molar-refractivity contribution in [3.63, 3.8) is 0 Å². The van der Waals surface area contributed by atoms with Gasteiger partial charge in [-0.25, -0.2) is 4.98 Å². The van der Waals surface area contributed by atoms with Crippen LogP contribution >= 0.6 is 19.2 Å². The van der Waals surface area contributed by atoms with Crippen LogP contribution in [0.4, 0.5) is 0 Å². The molecule has 1 heterocycles. The minimum Gasteiger partial charge on any atom is -0.324 e. The molecule has 0 radical (unpaired) electrons. The number of nitrogens with zero attached hydrogens (tertiary/aromatic N) is 1. The van der Waals surface area contributed by atoms with Crippen molar-refractivity contribution in [3.05, 3.63) is 29.0 Å². The zero-order chi connectivity index (χ0) is 12.2. The second-order valence-electron chi connectivity index (χ2n) is 3.61. The van der Waals surface area contributed by atoms with E-state index in [2.05, 4.69) is 4.98 Å². The molecule has 90 valence electrons. The fourth-order valence-electron chi connectivity index (χ4n) is 1.12. The first-order valence-electron chi connectivity index (χ1n) is 5.03. The summed E-state index contributed by atoms with van der Waals surface area (Å²) in [5, 5.41) is 0.361. The standard InChI is InChI=1S/C10H15ClNO3P/c1-3-8(2)15-16(13,14)7-9-4-5-10(11)12-6-9/h4-6,8H,3,7H2,1-2H3,(H,13,14). The van der Waals surface area contributed by atoms with Gasteiger partial charge in [-0.15, -0.1) is 0 Å². The van der Waals surface area contributed by atoms with E-state index in [0.717, 1.165) is 0 Å². The molecule has 0 aliphatic heterocycles. The number of halogens is 1. The van der Waals surface area contributed by atoms with Crippen LogP contribution in [-0.4, -0.2) is 16.0 Å². The predicted molar refractivity (Wildman–Crippen MR) is 63.6 cm³/mol. The summed E-state index contributed by atoms with van der Waals surface area (Å²) in [6.07, 6.45) is 1.91. The van der Waals surface area contributed by atoms with E-state index < -0.39 is 7.60 Å². The molecule has 0 aliphatic rings. The number of rotatable bonds is 5. The molecule has 0 aliphatic carbocycles. The van der Waals surface area contributed by atoms with Gasteiger partial charge in [0, 0.05) is 6.20 Å². The first-order chi connectivity index (χ1) is 7.43. The normalized spacial score (nSPS) is 16.8. The molecule has 1 rings (SSSR count). The lowest BCUT2D eigenvalue weighted by Gasteiger charge is -2.16. The maximum Gasteiger partial charge on any atom is 0.332 e. The van der Waals surface area contributed by atoms with Crippen molar-refractivity contribution in [2.75, 3.05) is 0 Å². The van der Waals surface area contributed by atoms with Gasteiger partial charge in [-0.1, -0.05) is 24.6 Å². The molecule has 0 bridgehead atoms. The van der Waals surface area contributed by atoms with Crippen LogP contribution in [0.25, 0.3) is 0 Å². The highest BCUT2D eigenvalue weighted by Crippen LogP contribution is 2.47. The molecule has 2 unspecified atom stereocenters. The first kappa shape index (κ1) is 13.7. The number of hydrogen-bond donors (Lipinski definition) is 1. The van der Waals surface area contributed by atoms with E-state index in [1.165, 1.54) is 6.20 Å². The summed E-state index contributed by atoms with van der Waals surface area (Å²) in [4.78, 5) is 13.5. The van der Waals surface area contributed by atoms with Crippen LogP contribution in [-0.2, 0) is 15.3 Å². The van der Waals surface area contributed by atoms with Crippen molar-refractivity contribution < 1.29 is 14.0 Å². The van der Waals surface area contributed by atoms with Crippen molar-refractivity contribution in [3.8, 4) is 0 Å². The van der Waals surface area contributed by atoms with Gasteiger partial charge in [-0.3, -0.25) is 4.57 Å². The van der Waals surface area contributed by atoms with E-state index >= 15 is 0 Å². The Morgan fingerprint density at radius 2 is 2.31 bits per heavy atom. The molecule has 1 N–H and O–H groups in total. The molecule has 0 amide bonds. The van der Waals surface area contributed by atoms with Crippen molar-refractivity contribution in [2.45, 2.75) is 32.5 Å². The van der Waals surface area contributed by atoms with Gasteiger partial charge in [0.1, 0.15) is 5.15 Å². The fraction of sp³-hybridized carbons (Fsp3) is 0.500. The highest BCUT2D eigenvalue weighted by atomic mass is 35.5. The Labute approximate surface area is 100 Å². The molecule has 0 fully saturated rings. The summed E-state index contributed by atoms with van der Waals surface area (Å²) < 4.78 is 16.8. The van der Waals surface area contributed by atoms with Crippen LogP contribution in [0.15, 0.2) is 18.3 Å². The van der Waals surface area contributed by atoms with Gasteiger partial charge in [0.15, 0.2) is 0 Å². The monoisotopic (exact) mass is 263 g/mol. The molecule has 16 heavy (non-hydrogen) atoms. The Hall–Kier alpha value is -0.410. The Morgan fingerprint density at radius 3 is 2.81 bits per heavy atom. The number of aromatic nitrogens is 1. The van der Waals surface area contributed by atoms with E-state index in [1.54, 1.807) is 19.1 Å². The maximum absolute atomic E-state index is 11.7. The van der Waals surface area contributed by atoms with Crippen molar-refractivity contribution in [1.29, 1.82) is 0 Å². The third-order valence-electron chi connectivity index (χ3n) is 2.09. The quantitative estimate of drug-likeness (QED) is 0.654. The third kappa shape index (κ3) is 4.62. The number of pyridine rings is 1. The molecule has 2 atom stereocenters. The Balaban J connectivity index is 2.65. The van der Waals surface area contributed by atoms with Crippen LogP contribution in [0.1, 0.15) is 25.8 Å². The Bertz CT molecular complexity index is 382. The van der Waals surface area contributed by atoms with Crippen molar-refractivity contribution in [2.24, 2.45) is 0 Å². The lowest BCUT2D eigenvalue weighted by atomic mass is 10.3. The average Bonchev–Trinajstić information content (AvgIpc) is 2.20. The maximum atomic E-state index is 11.7. The van der Waals surface area contributed by atoms with Gasteiger partial charge >= 0.3 is 7.60 Å². The van der Waals surface area contributed by atoms with E-state index in [-0.39, 0.29) is 12.3 Å². The molecule has 6 heteroatoms. The van der Waals surface area contributed by atoms with E-state index in [4.69, 9.17) is 16.1 Å². The summed E-state index contributed by atoms with van der Waals surface area (Å²) in [6, 6.07) is 3.25. The van der Waals surface area contributed by atoms with Crippen LogP contribution in [0, 0.1) is 0 Å². The Morgan fingerprint density at radius 1 is 1.62 bits per heavy atom. The van der Waals surface area contributed by atoms with Crippen molar-refractivity contribution in [1.82, 2.24) is 4.98 Å². The lowest BCUT2D eigenvalue weighted by molar-refractivity contribution is 0.185. The largest absolute Gasteiger partial charge is 0.332 e. The second-order valence-corrected chi connectivity index (χ2v) is 5.80. The van der Waals surface area contributed by atoms with Gasteiger partial charge < -0.3 is 9.42 Å². The van der Waals surface area contributed by atoms with Crippen LogP contribution < -0.4 is 0 Å². The zero-order valence-corrected chi connectivity index (χ0v) is 10.9. The minimum atomic E-state index is -3.59. The summed E-state index contributed by atoms with van der Waals surface area (Å²) in [5.41, 5.74) is 0.638. The van der Waals surface area contributed by atoms with Crippen molar-refractivity contribution >= 4 is 19.2 Å². The molecular formula is C10H15ClNO3P.